The third-order valence-corrected chi connectivity index (χ3v) is 4.67. The van der Waals surface area contributed by atoms with Crippen molar-refractivity contribution in [2.45, 2.75) is 71.4 Å². The fourth-order valence-corrected chi connectivity index (χ4v) is 3.49. The lowest BCUT2D eigenvalue weighted by molar-refractivity contribution is -0.125. The molecule has 1 heterocycles. The molecule has 3 N–H and O–H groups in total. The van der Waals surface area contributed by atoms with Crippen molar-refractivity contribution in [2.75, 3.05) is 6.61 Å². The van der Waals surface area contributed by atoms with Crippen LogP contribution in [0.4, 0.5) is 0 Å². The highest BCUT2D eigenvalue weighted by Crippen LogP contribution is 2.24. The summed E-state index contributed by atoms with van der Waals surface area (Å²) in [5.41, 5.74) is 2.39. The minimum atomic E-state index is -0.665. The van der Waals surface area contributed by atoms with Gasteiger partial charge in [0.1, 0.15) is 5.69 Å². The van der Waals surface area contributed by atoms with Crippen LogP contribution in [0.15, 0.2) is 0 Å². The summed E-state index contributed by atoms with van der Waals surface area (Å²) in [5.74, 6) is -0.828. The lowest BCUT2D eigenvalue weighted by Crippen LogP contribution is -2.37. The zero-order valence-corrected chi connectivity index (χ0v) is 14.8. The van der Waals surface area contributed by atoms with Gasteiger partial charge in [-0.15, -0.1) is 0 Å². The Morgan fingerprint density at radius 2 is 1.88 bits per heavy atom. The molecule has 1 amide bonds. The van der Waals surface area contributed by atoms with Crippen LogP contribution < -0.4 is 5.32 Å². The summed E-state index contributed by atoms with van der Waals surface area (Å²) < 4.78 is 5.13. The first-order valence-electron chi connectivity index (χ1n) is 8.73. The molecule has 0 saturated heterocycles. The van der Waals surface area contributed by atoms with Crippen molar-refractivity contribution in [3.8, 4) is 0 Å². The highest BCUT2D eigenvalue weighted by Gasteiger charge is 2.22. The first-order valence-corrected chi connectivity index (χ1v) is 8.73. The maximum Gasteiger partial charge on any atom is 0.355 e. The molecule has 1 aliphatic carbocycles. The number of H-pyrrole nitrogens is 1. The number of aromatic amines is 1. The number of aliphatic hydroxyl groups is 1. The van der Waals surface area contributed by atoms with E-state index in [0.29, 0.717) is 16.8 Å². The monoisotopic (exact) mass is 336 g/mol. The van der Waals surface area contributed by atoms with Crippen molar-refractivity contribution in [3.05, 3.63) is 22.5 Å². The predicted molar refractivity (Wildman–Crippen MR) is 90.8 cm³/mol. The van der Waals surface area contributed by atoms with E-state index in [1.54, 1.807) is 20.8 Å². The molecule has 0 aliphatic heterocycles. The molecule has 1 fully saturated rings. The van der Waals surface area contributed by atoms with Crippen molar-refractivity contribution >= 4 is 11.9 Å². The standard InChI is InChI=1S/C18H28N2O4/c1-11-16(13(3)21)12(2)19-17(11)18(23)24-10-15(22)20-14-8-6-4-5-7-9-14/h13-14,19,21H,4-10H2,1-3H3,(H,20,22). The summed E-state index contributed by atoms with van der Waals surface area (Å²) in [6.07, 6.45) is 6.03. The molecule has 1 aromatic heterocycles. The van der Waals surface area contributed by atoms with Crippen LogP contribution in [-0.4, -0.2) is 34.6 Å². The maximum absolute atomic E-state index is 12.2. The summed E-state index contributed by atoms with van der Waals surface area (Å²) >= 11 is 0. The zero-order chi connectivity index (χ0) is 17.7. The molecule has 6 nitrogen and oxygen atoms in total. The molecule has 0 radical (unpaired) electrons. The molecule has 1 atom stereocenters. The van der Waals surface area contributed by atoms with E-state index in [-0.39, 0.29) is 18.6 Å². The quantitative estimate of drug-likeness (QED) is 0.569. The van der Waals surface area contributed by atoms with E-state index in [2.05, 4.69) is 10.3 Å². The van der Waals surface area contributed by atoms with Gasteiger partial charge in [-0.3, -0.25) is 4.79 Å². The van der Waals surface area contributed by atoms with E-state index in [1.165, 1.54) is 12.8 Å². The van der Waals surface area contributed by atoms with Gasteiger partial charge in [0.15, 0.2) is 6.61 Å². The number of hydrogen-bond donors (Lipinski definition) is 3. The number of esters is 1. The Balaban J connectivity index is 1.88. The molecule has 134 valence electrons. The van der Waals surface area contributed by atoms with Gasteiger partial charge in [0.25, 0.3) is 5.91 Å². The van der Waals surface area contributed by atoms with Crippen molar-refractivity contribution in [1.82, 2.24) is 10.3 Å². The third-order valence-electron chi connectivity index (χ3n) is 4.67. The van der Waals surface area contributed by atoms with Crippen LogP contribution in [0.2, 0.25) is 0 Å². The Hall–Kier alpha value is -1.82. The molecule has 1 aromatic rings. The van der Waals surface area contributed by atoms with Crippen LogP contribution in [0.3, 0.4) is 0 Å². The number of ether oxygens (including phenoxy) is 1. The Morgan fingerprint density at radius 1 is 1.25 bits per heavy atom. The number of amides is 1. The molecule has 1 saturated carbocycles. The molecule has 0 bridgehead atoms. The lowest BCUT2D eigenvalue weighted by Gasteiger charge is -2.16. The van der Waals surface area contributed by atoms with Gasteiger partial charge >= 0.3 is 5.97 Å². The van der Waals surface area contributed by atoms with Gasteiger partial charge in [0, 0.05) is 17.3 Å². The molecule has 0 aromatic carbocycles. The SMILES string of the molecule is Cc1[nH]c(C(=O)OCC(=O)NC2CCCCCC2)c(C)c1C(C)O. The number of carbonyl (C=O) groups excluding carboxylic acids is 2. The van der Waals surface area contributed by atoms with Crippen LogP contribution in [-0.2, 0) is 9.53 Å². The average molecular weight is 336 g/mol. The van der Waals surface area contributed by atoms with E-state index in [0.717, 1.165) is 31.4 Å². The Kier molecular flexibility index (Phi) is 6.43. The Bertz CT molecular complexity index is 584. The predicted octanol–water partition coefficient (Wildman–Crippen LogP) is 2.68. The van der Waals surface area contributed by atoms with E-state index in [1.807, 2.05) is 0 Å². The summed E-state index contributed by atoms with van der Waals surface area (Å²) in [4.78, 5) is 27.1. The van der Waals surface area contributed by atoms with Crippen LogP contribution in [0, 0.1) is 13.8 Å². The second-order valence-corrected chi connectivity index (χ2v) is 6.67. The molecular weight excluding hydrogens is 308 g/mol. The smallest absolute Gasteiger partial charge is 0.355 e. The average Bonchev–Trinajstić information content (AvgIpc) is 2.68. The van der Waals surface area contributed by atoms with Gasteiger partial charge < -0.3 is 20.1 Å². The van der Waals surface area contributed by atoms with Crippen LogP contribution >= 0.6 is 0 Å². The molecule has 24 heavy (non-hydrogen) atoms. The van der Waals surface area contributed by atoms with Gasteiger partial charge in [-0.05, 0) is 39.2 Å². The van der Waals surface area contributed by atoms with E-state index >= 15 is 0 Å². The number of hydrogen-bond acceptors (Lipinski definition) is 4. The summed E-state index contributed by atoms with van der Waals surface area (Å²) in [6.45, 7) is 4.92. The van der Waals surface area contributed by atoms with Crippen molar-refractivity contribution < 1.29 is 19.4 Å². The van der Waals surface area contributed by atoms with Gasteiger partial charge in [0.2, 0.25) is 0 Å². The minimum Gasteiger partial charge on any atom is -0.451 e. The molecule has 1 aliphatic rings. The fourth-order valence-electron chi connectivity index (χ4n) is 3.49. The molecule has 1 unspecified atom stereocenters. The fraction of sp³-hybridized carbons (Fsp3) is 0.667. The van der Waals surface area contributed by atoms with Crippen molar-refractivity contribution in [1.29, 1.82) is 0 Å². The largest absolute Gasteiger partial charge is 0.451 e. The number of aromatic nitrogens is 1. The minimum absolute atomic E-state index is 0.190. The van der Waals surface area contributed by atoms with Crippen LogP contribution in [0.5, 0.6) is 0 Å². The molecule has 6 heteroatoms. The summed E-state index contributed by atoms with van der Waals surface area (Å²) in [7, 11) is 0. The van der Waals surface area contributed by atoms with E-state index < -0.39 is 12.1 Å². The maximum atomic E-state index is 12.2. The number of aliphatic hydroxyl groups excluding tert-OH is 1. The number of rotatable bonds is 5. The lowest BCUT2D eigenvalue weighted by atomic mass is 10.1. The van der Waals surface area contributed by atoms with Gasteiger partial charge in [-0.25, -0.2) is 4.79 Å². The zero-order valence-electron chi connectivity index (χ0n) is 14.8. The highest BCUT2D eigenvalue weighted by atomic mass is 16.5. The summed E-state index contributed by atoms with van der Waals surface area (Å²) in [5, 5.41) is 12.7. The number of nitrogens with one attached hydrogen (secondary N) is 2. The van der Waals surface area contributed by atoms with Crippen LogP contribution in [0.1, 0.15) is 78.9 Å². The highest BCUT2D eigenvalue weighted by molar-refractivity contribution is 5.91. The second kappa shape index (κ2) is 8.33. The first-order chi connectivity index (χ1) is 11.4. The molecular formula is C18H28N2O4. The van der Waals surface area contributed by atoms with E-state index in [9.17, 15) is 14.7 Å². The Labute approximate surface area is 143 Å². The Morgan fingerprint density at radius 3 is 2.42 bits per heavy atom. The van der Waals surface area contributed by atoms with E-state index in [4.69, 9.17) is 4.74 Å². The van der Waals surface area contributed by atoms with Crippen molar-refractivity contribution in [2.24, 2.45) is 0 Å². The molecule has 0 spiro atoms. The van der Waals surface area contributed by atoms with Crippen LogP contribution in [0.25, 0.3) is 0 Å². The normalized spacial score (nSPS) is 17.2. The number of carbonyl (C=O) groups is 2. The van der Waals surface area contributed by atoms with Gasteiger partial charge in [-0.2, -0.15) is 0 Å². The van der Waals surface area contributed by atoms with Gasteiger partial charge in [0.05, 0.1) is 6.10 Å². The third kappa shape index (κ3) is 4.60. The first kappa shape index (κ1) is 18.5. The summed E-state index contributed by atoms with van der Waals surface area (Å²) in [6, 6.07) is 0.190. The van der Waals surface area contributed by atoms with Gasteiger partial charge in [-0.1, -0.05) is 25.7 Å². The number of aryl methyl sites for hydroxylation is 1. The second-order valence-electron chi connectivity index (χ2n) is 6.67. The topological polar surface area (TPSA) is 91.4 Å². The molecule has 2 rings (SSSR count). The van der Waals surface area contributed by atoms with Crippen molar-refractivity contribution in [3.63, 3.8) is 0 Å².